The van der Waals surface area contributed by atoms with Crippen LogP contribution in [0.15, 0.2) is 0 Å². The molecule has 12 heavy (non-hydrogen) atoms. The van der Waals surface area contributed by atoms with Gasteiger partial charge in [0.1, 0.15) is 0 Å². The second-order valence-electron chi connectivity index (χ2n) is 5.56. The van der Waals surface area contributed by atoms with Crippen LogP contribution in [0.2, 0.25) is 0 Å². The van der Waals surface area contributed by atoms with E-state index >= 15 is 0 Å². The smallest absolute Gasteiger partial charge is 0.0161 e. The Morgan fingerprint density at radius 2 is 1.83 bits per heavy atom. The fourth-order valence-electron chi connectivity index (χ4n) is 3.36. The molecule has 2 fully saturated rings. The van der Waals surface area contributed by atoms with Crippen LogP contribution in [0.1, 0.15) is 40.0 Å². The lowest BCUT2D eigenvalue weighted by Crippen LogP contribution is -2.41. The lowest BCUT2D eigenvalue weighted by Gasteiger charge is -2.39. The third kappa shape index (κ3) is 1.77. The molecule has 1 heterocycles. The molecule has 1 saturated carbocycles. The topological polar surface area (TPSA) is 12.0 Å². The highest BCUT2D eigenvalue weighted by molar-refractivity contribution is 5.85. The van der Waals surface area contributed by atoms with Crippen LogP contribution in [0.25, 0.3) is 0 Å². The molecule has 2 atom stereocenters. The molecule has 2 rings (SSSR count). The summed E-state index contributed by atoms with van der Waals surface area (Å²) in [5, 5.41) is 3.65. The van der Waals surface area contributed by atoms with Gasteiger partial charge in [-0.2, -0.15) is 0 Å². The molecule has 1 saturated heterocycles. The van der Waals surface area contributed by atoms with Crippen molar-refractivity contribution in [2.45, 2.75) is 45.6 Å². The summed E-state index contributed by atoms with van der Waals surface area (Å²) < 4.78 is 0. The van der Waals surface area contributed by atoms with Crippen molar-refractivity contribution < 1.29 is 0 Å². The minimum absolute atomic E-state index is 0. The van der Waals surface area contributed by atoms with Crippen molar-refractivity contribution in [2.75, 3.05) is 6.54 Å². The van der Waals surface area contributed by atoms with Crippen LogP contribution in [0.3, 0.4) is 0 Å². The molecule has 1 N–H and O–H groups in total. The maximum atomic E-state index is 3.65. The Kier molecular flexibility index (Phi) is 2.48. The van der Waals surface area contributed by atoms with E-state index in [2.05, 4.69) is 26.1 Å². The third-order valence-electron chi connectivity index (χ3n) is 3.27. The van der Waals surface area contributed by atoms with Gasteiger partial charge in [-0.3, -0.25) is 0 Å². The molecule has 0 radical (unpaired) electrons. The highest BCUT2D eigenvalue weighted by Gasteiger charge is 2.45. The van der Waals surface area contributed by atoms with Crippen LogP contribution in [0.5, 0.6) is 0 Å². The minimum atomic E-state index is 0. The Bertz CT molecular complexity index is 179. The van der Waals surface area contributed by atoms with Crippen LogP contribution in [-0.2, 0) is 0 Å². The normalized spacial score (nSPS) is 43.8. The summed E-state index contributed by atoms with van der Waals surface area (Å²) in [6.07, 6.45) is 4.20. The number of halogens is 1. The van der Waals surface area contributed by atoms with Gasteiger partial charge in [-0.1, -0.05) is 13.8 Å². The van der Waals surface area contributed by atoms with E-state index in [1.54, 1.807) is 0 Å². The quantitative estimate of drug-likeness (QED) is 0.618. The largest absolute Gasteiger partial charge is 0.311 e. The molecule has 0 spiro atoms. The first-order valence-corrected chi connectivity index (χ1v) is 4.74. The van der Waals surface area contributed by atoms with Gasteiger partial charge in [0.25, 0.3) is 0 Å². The molecule has 2 heteroatoms. The first-order valence-electron chi connectivity index (χ1n) is 4.74. The van der Waals surface area contributed by atoms with Crippen LogP contribution in [-0.4, -0.2) is 12.1 Å². The summed E-state index contributed by atoms with van der Waals surface area (Å²) >= 11 is 0. The molecule has 2 aliphatic rings. The highest BCUT2D eigenvalue weighted by Crippen LogP contribution is 2.46. The van der Waals surface area contributed by atoms with E-state index in [1.165, 1.54) is 25.8 Å². The molecular formula is C10H20ClN. The predicted molar refractivity (Wildman–Crippen MR) is 54.8 cm³/mol. The second-order valence-corrected chi connectivity index (χ2v) is 5.56. The summed E-state index contributed by atoms with van der Waals surface area (Å²) in [5.41, 5.74) is 1.06. The van der Waals surface area contributed by atoms with Crippen LogP contribution in [0, 0.1) is 11.3 Å². The van der Waals surface area contributed by atoms with Crippen molar-refractivity contribution in [1.82, 2.24) is 5.32 Å². The zero-order valence-corrected chi connectivity index (χ0v) is 9.13. The summed E-state index contributed by atoms with van der Waals surface area (Å²) in [6, 6.07) is 0. The zero-order chi connectivity index (χ0) is 8.11. The molecule has 1 aliphatic heterocycles. The van der Waals surface area contributed by atoms with Crippen molar-refractivity contribution >= 4 is 12.4 Å². The Morgan fingerprint density at radius 3 is 2.42 bits per heavy atom. The van der Waals surface area contributed by atoms with Gasteiger partial charge in [-0.05, 0) is 44.1 Å². The second kappa shape index (κ2) is 2.88. The molecule has 0 aromatic rings. The molecule has 1 nitrogen and oxygen atoms in total. The zero-order valence-electron chi connectivity index (χ0n) is 8.31. The molecule has 2 bridgehead atoms. The maximum Gasteiger partial charge on any atom is 0.0161 e. The fraction of sp³-hybridized carbons (Fsp3) is 1.00. The Balaban J connectivity index is 0.000000720. The Morgan fingerprint density at radius 1 is 1.17 bits per heavy atom. The van der Waals surface area contributed by atoms with E-state index in [0.717, 1.165) is 5.92 Å². The van der Waals surface area contributed by atoms with E-state index < -0.39 is 0 Å². The van der Waals surface area contributed by atoms with Gasteiger partial charge in [-0.25, -0.2) is 0 Å². The lowest BCUT2D eigenvalue weighted by molar-refractivity contribution is 0.152. The highest BCUT2D eigenvalue weighted by atomic mass is 35.5. The molecule has 0 amide bonds. The van der Waals surface area contributed by atoms with E-state index in [0.29, 0.717) is 11.0 Å². The summed E-state index contributed by atoms with van der Waals surface area (Å²) in [4.78, 5) is 0. The first-order chi connectivity index (χ1) is 4.99. The van der Waals surface area contributed by atoms with E-state index in [-0.39, 0.29) is 12.4 Å². The van der Waals surface area contributed by atoms with Gasteiger partial charge in [-0.15, -0.1) is 12.4 Å². The number of nitrogens with one attached hydrogen (secondary N) is 1. The van der Waals surface area contributed by atoms with E-state index in [4.69, 9.17) is 0 Å². The summed E-state index contributed by atoms with van der Waals surface area (Å²) in [7, 11) is 0. The van der Waals surface area contributed by atoms with Crippen molar-refractivity contribution in [3.63, 3.8) is 0 Å². The van der Waals surface area contributed by atoms with E-state index in [9.17, 15) is 0 Å². The van der Waals surface area contributed by atoms with Gasteiger partial charge < -0.3 is 5.32 Å². The number of fused-ring (bicyclic) bond motifs is 2. The lowest BCUT2D eigenvalue weighted by atomic mass is 9.67. The first kappa shape index (κ1) is 10.3. The molecule has 0 aromatic carbocycles. The monoisotopic (exact) mass is 189 g/mol. The minimum Gasteiger partial charge on any atom is -0.311 e. The molecular weight excluding hydrogens is 170 g/mol. The number of hydrogen-bond acceptors (Lipinski definition) is 1. The SMILES string of the molecule is CC1(C)CC2CNC(C)(C2)C1.Cl. The Labute approximate surface area is 81.7 Å². The van der Waals surface area contributed by atoms with Gasteiger partial charge in [0, 0.05) is 5.54 Å². The van der Waals surface area contributed by atoms with Gasteiger partial charge in [0.2, 0.25) is 0 Å². The fourth-order valence-corrected chi connectivity index (χ4v) is 3.36. The maximum absolute atomic E-state index is 3.65. The van der Waals surface area contributed by atoms with Crippen molar-refractivity contribution in [3.8, 4) is 0 Å². The van der Waals surface area contributed by atoms with Crippen molar-refractivity contribution in [3.05, 3.63) is 0 Å². The third-order valence-corrected chi connectivity index (χ3v) is 3.27. The van der Waals surface area contributed by atoms with Crippen LogP contribution < -0.4 is 5.32 Å². The average Bonchev–Trinajstić information content (AvgIpc) is 2.03. The molecule has 0 aromatic heterocycles. The summed E-state index contributed by atoms with van der Waals surface area (Å²) in [6.45, 7) is 8.46. The van der Waals surface area contributed by atoms with E-state index in [1.807, 2.05) is 0 Å². The van der Waals surface area contributed by atoms with Crippen LogP contribution >= 0.6 is 12.4 Å². The molecule has 2 unspecified atom stereocenters. The van der Waals surface area contributed by atoms with Crippen molar-refractivity contribution in [1.29, 1.82) is 0 Å². The van der Waals surface area contributed by atoms with Gasteiger partial charge >= 0.3 is 0 Å². The average molecular weight is 190 g/mol. The standard InChI is InChI=1S/C10H19N.ClH/c1-9(2)4-8-5-10(3,7-9)11-6-8;/h8,11H,4-7H2,1-3H3;1H. The molecule has 1 aliphatic carbocycles. The Hall–Kier alpha value is 0.250. The van der Waals surface area contributed by atoms with Gasteiger partial charge in [0.05, 0.1) is 0 Å². The molecule has 72 valence electrons. The summed E-state index contributed by atoms with van der Waals surface area (Å²) in [5.74, 6) is 0.962. The predicted octanol–water partition coefficient (Wildman–Crippen LogP) is 2.60. The van der Waals surface area contributed by atoms with Gasteiger partial charge in [0.15, 0.2) is 0 Å². The van der Waals surface area contributed by atoms with Crippen molar-refractivity contribution in [2.24, 2.45) is 11.3 Å². The van der Waals surface area contributed by atoms with Crippen LogP contribution in [0.4, 0.5) is 0 Å². The number of rotatable bonds is 0. The number of hydrogen-bond donors (Lipinski definition) is 1.